The van der Waals surface area contributed by atoms with Gasteiger partial charge in [-0.25, -0.2) is 14.6 Å². The third-order valence-electron chi connectivity index (χ3n) is 5.89. The van der Waals surface area contributed by atoms with Gasteiger partial charge in [0.15, 0.2) is 5.65 Å². The highest BCUT2D eigenvalue weighted by molar-refractivity contribution is 6.41. The summed E-state index contributed by atoms with van der Waals surface area (Å²) in [6.07, 6.45) is 3.11. The summed E-state index contributed by atoms with van der Waals surface area (Å²) in [7, 11) is 0. The molecule has 2 aromatic carbocycles. The second-order valence-electron chi connectivity index (χ2n) is 8.14. The highest BCUT2D eigenvalue weighted by Gasteiger charge is 2.29. The molecular weight excluding hydrogens is 452 g/mol. The zero-order valence-electron chi connectivity index (χ0n) is 18.4. The number of aromatic nitrogens is 4. The molecule has 34 heavy (non-hydrogen) atoms. The molecule has 1 aliphatic rings. The van der Waals surface area contributed by atoms with Gasteiger partial charge >= 0.3 is 0 Å². The van der Waals surface area contributed by atoms with E-state index in [0.717, 1.165) is 24.2 Å². The lowest BCUT2D eigenvalue weighted by Crippen LogP contribution is -2.41. The number of nitrogens with zero attached hydrogens (tertiary/aromatic N) is 5. The fourth-order valence-electron chi connectivity index (χ4n) is 4.27. The molecule has 1 atom stereocenters. The van der Waals surface area contributed by atoms with Gasteiger partial charge in [0.05, 0.1) is 16.5 Å². The van der Waals surface area contributed by atoms with Gasteiger partial charge in [-0.3, -0.25) is 4.79 Å². The molecule has 0 radical (unpaired) electrons. The summed E-state index contributed by atoms with van der Waals surface area (Å²) in [5.41, 5.74) is 8.45. The van der Waals surface area contributed by atoms with Crippen molar-refractivity contribution in [3.05, 3.63) is 72.5 Å². The van der Waals surface area contributed by atoms with Crippen LogP contribution in [0.1, 0.15) is 18.9 Å². The Labute approximate surface area is 201 Å². The maximum Gasteiger partial charge on any atom is 0.264 e. The van der Waals surface area contributed by atoms with E-state index in [1.165, 1.54) is 6.33 Å². The summed E-state index contributed by atoms with van der Waals surface area (Å²) in [6.45, 7) is 4.67. The Morgan fingerprint density at radius 1 is 1.09 bits per heavy atom. The number of halogens is 1. The Morgan fingerprint density at radius 3 is 2.56 bits per heavy atom. The van der Waals surface area contributed by atoms with E-state index in [0.29, 0.717) is 41.4 Å². The van der Waals surface area contributed by atoms with Crippen LogP contribution >= 0.6 is 11.6 Å². The highest BCUT2D eigenvalue weighted by atomic mass is 35.5. The zero-order valence-corrected chi connectivity index (χ0v) is 19.2. The highest BCUT2D eigenvalue weighted by Crippen LogP contribution is 2.35. The molecule has 9 heteroatoms. The molecule has 0 bridgehead atoms. The van der Waals surface area contributed by atoms with Crippen LogP contribution in [0, 0.1) is 0 Å². The summed E-state index contributed by atoms with van der Waals surface area (Å²) >= 11 is 5.86. The van der Waals surface area contributed by atoms with Gasteiger partial charge in [0.1, 0.15) is 29.3 Å². The second-order valence-corrected chi connectivity index (χ2v) is 8.60. The molecule has 2 N–H and O–H groups in total. The van der Waals surface area contributed by atoms with Gasteiger partial charge in [0.25, 0.3) is 5.91 Å². The summed E-state index contributed by atoms with van der Waals surface area (Å²) in [5, 5.41) is 5.59. The predicted octanol–water partition coefficient (Wildman–Crippen LogP) is 4.78. The molecule has 4 aromatic rings. The van der Waals surface area contributed by atoms with Crippen LogP contribution in [0.5, 0.6) is 11.5 Å². The maximum atomic E-state index is 12.4. The fourth-order valence-corrected chi connectivity index (χ4v) is 4.39. The topological polar surface area (TPSA) is 99.2 Å². The van der Waals surface area contributed by atoms with Crippen molar-refractivity contribution >= 4 is 34.4 Å². The molecule has 2 aromatic heterocycles. The van der Waals surface area contributed by atoms with Gasteiger partial charge in [-0.15, -0.1) is 0 Å². The maximum absolute atomic E-state index is 12.4. The first-order valence-corrected chi connectivity index (χ1v) is 11.3. The van der Waals surface area contributed by atoms with Crippen LogP contribution in [0.15, 0.2) is 72.5 Å². The Balaban J connectivity index is 1.49. The lowest BCUT2D eigenvalue weighted by molar-refractivity contribution is -0.128. The van der Waals surface area contributed by atoms with Crippen LogP contribution in [-0.2, 0) is 4.79 Å². The Bertz CT molecular complexity index is 1350. The van der Waals surface area contributed by atoms with Crippen molar-refractivity contribution in [3.8, 4) is 22.8 Å². The van der Waals surface area contributed by atoms with Crippen molar-refractivity contribution in [2.75, 3.05) is 18.8 Å². The SMILES string of the molecule is C=C(Cl)C(=O)N1CCC[C@H](n2nc(-c3ccc(Oc4ccccc4)cc3)c3c(N)ncnc32)C1. The van der Waals surface area contributed by atoms with Crippen LogP contribution in [0.4, 0.5) is 5.82 Å². The normalized spacial score (nSPS) is 15.9. The minimum atomic E-state index is -0.258. The zero-order chi connectivity index (χ0) is 23.7. The number of para-hydroxylation sites is 1. The lowest BCUT2D eigenvalue weighted by Gasteiger charge is -2.32. The average molecular weight is 475 g/mol. The fraction of sp³-hybridized carbons (Fsp3) is 0.200. The molecule has 3 heterocycles. The number of fused-ring (bicyclic) bond motifs is 1. The number of hydrogen-bond acceptors (Lipinski definition) is 6. The first-order chi connectivity index (χ1) is 16.5. The molecule has 5 rings (SSSR count). The van der Waals surface area contributed by atoms with Gasteiger partial charge < -0.3 is 15.4 Å². The first kappa shape index (κ1) is 21.9. The third kappa shape index (κ3) is 4.20. The summed E-state index contributed by atoms with van der Waals surface area (Å²) in [6, 6.07) is 17.2. The van der Waals surface area contributed by atoms with E-state index in [9.17, 15) is 4.79 Å². The summed E-state index contributed by atoms with van der Waals surface area (Å²) < 4.78 is 7.76. The number of carbonyl (C=O) groups is 1. The van der Waals surface area contributed by atoms with Gasteiger partial charge in [-0.2, -0.15) is 5.10 Å². The number of rotatable bonds is 5. The number of ether oxygens (including phenoxy) is 1. The molecule has 0 unspecified atom stereocenters. The second kappa shape index (κ2) is 9.15. The number of nitrogens with two attached hydrogens (primary N) is 1. The number of hydrogen-bond donors (Lipinski definition) is 1. The monoisotopic (exact) mass is 474 g/mol. The quantitative estimate of drug-likeness (QED) is 0.418. The summed E-state index contributed by atoms with van der Waals surface area (Å²) in [4.78, 5) is 22.8. The van der Waals surface area contributed by atoms with Crippen molar-refractivity contribution in [1.29, 1.82) is 0 Å². The van der Waals surface area contributed by atoms with Gasteiger partial charge in [-0.05, 0) is 49.2 Å². The molecule has 1 aliphatic heterocycles. The number of carbonyl (C=O) groups excluding carboxylic acids is 1. The van der Waals surface area contributed by atoms with Crippen LogP contribution in [0.25, 0.3) is 22.3 Å². The molecule has 0 aliphatic carbocycles. The number of amides is 1. The Kier molecular flexibility index (Phi) is 5.90. The van der Waals surface area contributed by atoms with E-state index in [1.807, 2.05) is 59.3 Å². The number of anilines is 1. The summed E-state index contributed by atoms with van der Waals surface area (Å²) in [5.74, 6) is 1.57. The molecule has 1 amide bonds. The standard InChI is InChI=1S/C25H23ClN6O2/c1-16(26)25(33)31-13-5-6-18(14-31)32-24-21(23(27)28-15-29-24)22(30-32)17-9-11-20(12-10-17)34-19-7-3-2-4-8-19/h2-4,7-12,15,18H,1,5-6,13-14H2,(H2,27,28,29)/t18-/m0/s1. The Morgan fingerprint density at radius 2 is 1.82 bits per heavy atom. The van der Waals surface area contributed by atoms with E-state index >= 15 is 0 Å². The molecular formula is C25H23ClN6O2. The number of likely N-dealkylation sites (tertiary alicyclic amines) is 1. The van der Waals surface area contributed by atoms with E-state index in [2.05, 4.69) is 16.5 Å². The molecule has 8 nitrogen and oxygen atoms in total. The molecule has 0 saturated carbocycles. The van der Waals surface area contributed by atoms with Crippen LogP contribution in [-0.4, -0.2) is 43.6 Å². The van der Waals surface area contributed by atoms with E-state index < -0.39 is 0 Å². The molecule has 1 saturated heterocycles. The lowest BCUT2D eigenvalue weighted by atomic mass is 10.1. The first-order valence-electron chi connectivity index (χ1n) is 11.0. The smallest absolute Gasteiger partial charge is 0.264 e. The number of benzene rings is 2. The van der Waals surface area contributed by atoms with Crippen LogP contribution < -0.4 is 10.5 Å². The van der Waals surface area contributed by atoms with Crippen molar-refractivity contribution in [3.63, 3.8) is 0 Å². The van der Waals surface area contributed by atoms with Gasteiger partial charge in [0.2, 0.25) is 0 Å². The molecule has 172 valence electrons. The van der Waals surface area contributed by atoms with Crippen molar-refractivity contribution in [2.45, 2.75) is 18.9 Å². The van der Waals surface area contributed by atoms with Crippen LogP contribution in [0.3, 0.4) is 0 Å². The average Bonchev–Trinajstić information content (AvgIpc) is 3.26. The van der Waals surface area contributed by atoms with Crippen LogP contribution in [0.2, 0.25) is 0 Å². The number of piperidine rings is 1. The number of nitrogen functional groups attached to an aromatic ring is 1. The molecule has 1 fully saturated rings. The van der Waals surface area contributed by atoms with Crippen molar-refractivity contribution in [1.82, 2.24) is 24.6 Å². The van der Waals surface area contributed by atoms with Gasteiger partial charge in [-0.1, -0.05) is 36.4 Å². The van der Waals surface area contributed by atoms with E-state index in [-0.39, 0.29) is 17.0 Å². The molecule has 0 spiro atoms. The van der Waals surface area contributed by atoms with Crippen molar-refractivity contribution in [2.24, 2.45) is 0 Å². The largest absolute Gasteiger partial charge is 0.457 e. The van der Waals surface area contributed by atoms with E-state index in [4.69, 9.17) is 27.2 Å². The van der Waals surface area contributed by atoms with Crippen molar-refractivity contribution < 1.29 is 9.53 Å². The van der Waals surface area contributed by atoms with E-state index in [1.54, 1.807) is 4.90 Å². The Hall–Kier alpha value is -3.91. The van der Waals surface area contributed by atoms with Gasteiger partial charge in [0, 0.05) is 18.7 Å². The minimum absolute atomic E-state index is 0.0102. The minimum Gasteiger partial charge on any atom is -0.457 e. The third-order valence-corrected chi connectivity index (χ3v) is 6.05. The predicted molar refractivity (Wildman–Crippen MR) is 132 cm³/mol.